The summed E-state index contributed by atoms with van der Waals surface area (Å²) < 4.78 is 16.4. The minimum absolute atomic E-state index is 0.111. The molecule has 0 saturated carbocycles. The topological polar surface area (TPSA) is 104 Å². The highest BCUT2D eigenvalue weighted by Crippen LogP contribution is 2.48. The minimum Gasteiger partial charge on any atom is -0.465 e. The van der Waals surface area contributed by atoms with Crippen LogP contribution in [0.3, 0.4) is 0 Å². The van der Waals surface area contributed by atoms with Crippen LogP contribution in [0, 0.1) is 22.7 Å². The SMILES string of the molecule is COC(=O)c1cc(NC=C(C#N)C#N)cc2c1Oc1ccccc1O2. The summed E-state index contributed by atoms with van der Waals surface area (Å²) in [4.78, 5) is 12.1. The van der Waals surface area contributed by atoms with E-state index in [1.54, 1.807) is 42.5 Å². The van der Waals surface area contributed by atoms with E-state index in [1.807, 2.05) is 0 Å². The molecule has 7 heteroatoms. The predicted octanol–water partition coefficient (Wildman–Crippen LogP) is 3.71. The number of hydrogen-bond donors (Lipinski definition) is 1. The third kappa shape index (κ3) is 3.07. The molecule has 1 aliphatic heterocycles. The van der Waals surface area contributed by atoms with Crippen LogP contribution in [0.1, 0.15) is 10.4 Å². The maximum Gasteiger partial charge on any atom is 0.341 e. The first-order valence-corrected chi connectivity index (χ1v) is 7.14. The van der Waals surface area contributed by atoms with Gasteiger partial charge in [0.2, 0.25) is 0 Å². The number of fused-ring (bicyclic) bond motifs is 2. The number of nitriles is 2. The van der Waals surface area contributed by atoms with Crippen LogP contribution in [0.25, 0.3) is 0 Å². The molecule has 0 amide bonds. The molecular weight excluding hydrogens is 322 g/mol. The lowest BCUT2D eigenvalue weighted by atomic mass is 10.1. The Hall–Kier alpha value is -3.97. The number of carbonyl (C=O) groups is 1. The van der Waals surface area contributed by atoms with Crippen molar-refractivity contribution in [2.45, 2.75) is 0 Å². The summed E-state index contributed by atoms with van der Waals surface area (Å²) in [6.45, 7) is 0. The fourth-order valence-electron chi connectivity index (χ4n) is 2.22. The molecule has 1 aliphatic rings. The van der Waals surface area contributed by atoms with E-state index in [4.69, 9.17) is 24.7 Å². The lowest BCUT2D eigenvalue weighted by Gasteiger charge is -2.22. The lowest BCUT2D eigenvalue weighted by Crippen LogP contribution is -2.09. The average Bonchev–Trinajstić information content (AvgIpc) is 2.66. The number of nitrogens with zero attached hydrogens (tertiary/aromatic N) is 2. The molecule has 122 valence electrons. The molecule has 0 aliphatic carbocycles. The van der Waals surface area contributed by atoms with Crippen LogP contribution in [0.2, 0.25) is 0 Å². The number of benzene rings is 2. The number of allylic oxidation sites excluding steroid dienone is 1. The van der Waals surface area contributed by atoms with Gasteiger partial charge in [-0.05, 0) is 18.2 Å². The van der Waals surface area contributed by atoms with Crippen LogP contribution >= 0.6 is 0 Å². The molecule has 0 unspecified atom stereocenters. The molecule has 3 rings (SSSR count). The van der Waals surface area contributed by atoms with E-state index in [0.717, 1.165) is 0 Å². The normalized spacial score (nSPS) is 10.5. The molecule has 0 radical (unpaired) electrons. The van der Waals surface area contributed by atoms with Gasteiger partial charge in [-0.15, -0.1) is 0 Å². The maximum absolute atomic E-state index is 12.1. The van der Waals surface area contributed by atoms with Gasteiger partial charge in [0.25, 0.3) is 0 Å². The van der Waals surface area contributed by atoms with Gasteiger partial charge < -0.3 is 19.5 Å². The first-order valence-electron chi connectivity index (χ1n) is 7.14. The molecule has 2 aromatic carbocycles. The van der Waals surface area contributed by atoms with Crippen molar-refractivity contribution in [1.29, 1.82) is 10.5 Å². The van der Waals surface area contributed by atoms with Crippen molar-refractivity contribution in [1.82, 2.24) is 0 Å². The van der Waals surface area contributed by atoms with Gasteiger partial charge in [0.1, 0.15) is 23.3 Å². The Labute approximate surface area is 143 Å². The summed E-state index contributed by atoms with van der Waals surface area (Å²) in [6, 6.07) is 13.6. The number of carbonyl (C=O) groups excluding carboxylic acids is 1. The number of anilines is 1. The maximum atomic E-state index is 12.1. The Balaban J connectivity index is 2.05. The van der Waals surface area contributed by atoms with Crippen molar-refractivity contribution >= 4 is 11.7 Å². The number of methoxy groups -OCH3 is 1. The molecule has 0 atom stereocenters. The van der Waals surface area contributed by atoms with Crippen LogP contribution in [0.15, 0.2) is 48.2 Å². The van der Waals surface area contributed by atoms with Gasteiger partial charge in [0, 0.05) is 18.0 Å². The summed E-state index contributed by atoms with van der Waals surface area (Å²) >= 11 is 0. The van der Waals surface area contributed by atoms with Crippen molar-refractivity contribution in [2.75, 3.05) is 12.4 Å². The van der Waals surface area contributed by atoms with Gasteiger partial charge >= 0.3 is 5.97 Å². The predicted molar refractivity (Wildman–Crippen MR) is 87.3 cm³/mol. The summed E-state index contributed by atoms with van der Waals surface area (Å²) in [5.41, 5.74) is 0.478. The fourth-order valence-corrected chi connectivity index (χ4v) is 2.22. The monoisotopic (exact) mass is 333 g/mol. The van der Waals surface area contributed by atoms with Crippen LogP contribution in [0.4, 0.5) is 5.69 Å². The van der Waals surface area contributed by atoms with Crippen molar-refractivity contribution in [2.24, 2.45) is 0 Å². The van der Waals surface area contributed by atoms with Gasteiger partial charge in [-0.1, -0.05) is 12.1 Å². The van der Waals surface area contributed by atoms with Crippen molar-refractivity contribution in [3.8, 4) is 35.1 Å². The number of rotatable bonds is 3. The molecule has 0 fully saturated rings. The van der Waals surface area contributed by atoms with Crippen molar-refractivity contribution in [3.63, 3.8) is 0 Å². The Morgan fingerprint density at radius 1 is 1.12 bits per heavy atom. The molecule has 0 saturated heterocycles. The molecule has 1 N–H and O–H groups in total. The van der Waals surface area contributed by atoms with E-state index < -0.39 is 5.97 Å². The first kappa shape index (κ1) is 15.9. The quantitative estimate of drug-likeness (QED) is 0.575. The van der Waals surface area contributed by atoms with Gasteiger partial charge in [0.15, 0.2) is 23.0 Å². The standard InChI is InChI=1S/C18H11N3O4/c1-23-18(22)13-6-12(21-10-11(8-19)9-20)7-16-17(13)25-15-5-3-2-4-14(15)24-16/h2-7,10,21H,1H3. The lowest BCUT2D eigenvalue weighted by molar-refractivity contribution is 0.0597. The molecule has 7 nitrogen and oxygen atoms in total. The van der Waals surface area contributed by atoms with Crippen LogP contribution in [0.5, 0.6) is 23.0 Å². The highest BCUT2D eigenvalue weighted by atomic mass is 16.6. The Kier molecular flexibility index (Phi) is 4.23. The third-order valence-electron chi connectivity index (χ3n) is 3.37. The van der Waals surface area contributed by atoms with E-state index in [1.165, 1.54) is 19.4 Å². The molecule has 25 heavy (non-hydrogen) atoms. The smallest absolute Gasteiger partial charge is 0.341 e. The van der Waals surface area contributed by atoms with E-state index in [2.05, 4.69) is 5.32 Å². The zero-order valence-electron chi connectivity index (χ0n) is 13.1. The molecule has 2 aromatic rings. The number of nitrogens with one attached hydrogen (secondary N) is 1. The van der Waals surface area contributed by atoms with E-state index >= 15 is 0 Å². The minimum atomic E-state index is -0.604. The summed E-state index contributed by atoms with van der Waals surface area (Å²) in [5.74, 6) is 0.937. The Bertz CT molecular complexity index is 951. The summed E-state index contributed by atoms with van der Waals surface area (Å²) in [5, 5.41) is 20.4. The molecule has 1 heterocycles. The third-order valence-corrected chi connectivity index (χ3v) is 3.37. The second-order valence-corrected chi connectivity index (χ2v) is 4.92. The van der Waals surface area contributed by atoms with Crippen molar-refractivity contribution in [3.05, 3.63) is 53.7 Å². The number of ether oxygens (including phenoxy) is 3. The summed E-state index contributed by atoms with van der Waals surface area (Å²) in [6.07, 6.45) is 1.24. The highest BCUT2D eigenvalue weighted by Gasteiger charge is 2.26. The second kappa shape index (κ2) is 6.65. The van der Waals surface area contributed by atoms with E-state index in [9.17, 15) is 4.79 Å². The number of esters is 1. The Morgan fingerprint density at radius 2 is 1.80 bits per heavy atom. The van der Waals surface area contributed by atoms with Gasteiger partial charge in [-0.25, -0.2) is 4.79 Å². The van der Waals surface area contributed by atoms with Gasteiger partial charge in [0.05, 0.1) is 7.11 Å². The Morgan fingerprint density at radius 3 is 2.44 bits per heavy atom. The molecular formula is C18H11N3O4. The second-order valence-electron chi connectivity index (χ2n) is 4.92. The highest BCUT2D eigenvalue weighted by molar-refractivity contribution is 5.95. The van der Waals surface area contributed by atoms with Gasteiger partial charge in [-0.2, -0.15) is 10.5 Å². The van der Waals surface area contributed by atoms with E-state index in [0.29, 0.717) is 22.9 Å². The van der Waals surface area contributed by atoms with Crippen LogP contribution in [-0.2, 0) is 4.74 Å². The van der Waals surface area contributed by atoms with Crippen LogP contribution in [-0.4, -0.2) is 13.1 Å². The number of para-hydroxylation sites is 2. The molecule has 0 spiro atoms. The van der Waals surface area contributed by atoms with Crippen LogP contribution < -0.4 is 14.8 Å². The zero-order valence-corrected chi connectivity index (χ0v) is 13.1. The summed E-state index contributed by atoms with van der Waals surface area (Å²) in [7, 11) is 1.26. The average molecular weight is 333 g/mol. The molecule has 0 bridgehead atoms. The van der Waals surface area contributed by atoms with Gasteiger partial charge in [-0.3, -0.25) is 0 Å². The zero-order chi connectivity index (χ0) is 17.8. The first-order chi connectivity index (χ1) is 12.2. The number of hydrogen-bond acceptors (Lipinski definition) is 7. The van der Waals surface area contributed by atoms with Crippen molar-refractivity contribution < 1.29 is 19.0 Å². The fraction of sp³-hybridized carbons (Fsp3) is 0.0556. The van der Waals surface area contributed by atoms with E-state index in [-0.39, 0.29) is 16.9 Å². The molecule has 0 aromatic heterocycles. The largest absolute Gasteiger partial charge is 0.465 e.